The van der Waals surface area contributed by atoms with Crippen LogP contribution in [0.15, 0.2) is 52.5 Å². The number of hydrogen-bond donors (Lipinski definition) is 1. The summed E-state index contributed by atoms with van der Waals surface area (Å²) < 4.78 is 1.09. The standard InChI is InChI=1S/C12H9N3O3S/c16-9-6-7-13-11-14(9)15(12(17)18)10(19-11)8-4-2-1-3-5-8/h1-7,10H,(H,17,18). The molecule has 7 heteroatoms. The van der Waals surface area contributed by atoms with Crippen molar-refractivity contribution in [1.82, 2.24) is 9.66 Å². The molecule has 1 unspecified atom stereocenters. The Labute approximate surface area is 112 Å². The van der Waals surface area contributed by atoms with Gasteiger partial charge in [0.1, 0.15) is 5.37 Å². The van der Waals surface area contributed by atoms with E-state index in [9.17, 15) is 14.7 Å². The van der Waals surface area contributed by atoms with Gasteiger partial charge in [-0.15, -0.1) is 0 Å². The topological polar surface area (TPSA) is 75.4 Å². The fourth-order valence-electron chi connectivity index (χ4n) is 1.93. The zero-order valence-corrected chi connectivity index (χ0v) is 10.4. The van der Waals surface area contributed by atoms with Crippen LogP contribution in [0.1, 0.15) is 10.9 Å². The van der Waals surface area contributed by atoms with Gasteiger partial charge in [0.2, 0.25) is 0 Å². The molecule has 1 aliphatic heterocycles. The molecule has 96 valence electrons. The number of hydrogen-bond acceptors (Lipinski definition) is 4. The fourth-order valence-corrected chi connectivity index (χ4v) is 3.11. The molecule has 19 heavy (non-hydrogen) atoms. The molecule has 1 aromatic heterocycles. The molecule has 1 aromatic carbocycles. The lowest BCUT2D eigenvalue weighted by Gasteiger charge is -2.21. The molecular weight excluding hydrogens is 266 g/mol. The van der Waals surface area contributed by atoms with E-state index in [0.29, 0.717) is 5.16 Å². The molecule has 0 spiro atoms. The van der Waals surface area contributed by atoms with Crippen molar-refractivity contribution >= 4 is 17.9 Å². The lowest BCUT2D eigenvalue weighted by molar-refractivity contribution is 0.192. The first-order valence-electron chi connectivity index (χ1n) is 5.50. The Kier molecular flexibility index (Phi) is 2.75. The molecular formula is C12H9N3O3S. The smallest absolute Gasteiger partial charge is 0.428 e. The Morgan fingerprint density at radius 1 is 1.26 bits per heavy atom. The quantitative estimate of drug-likeness (QED) is 0.801. The van der Waals surface area contributed by atoms with Gasteiger partial charge in [0.05, 0.1) is 0 Å². The summed E-state index contributed by atoms with van der Waals surface area (Å²) in [4.78, 5) is 27.3. The van der Waals surface area contributed by atoms with Crippen LogP contribution in [0.5, 0.6) is 0 Å². The predicted molar refractivity (Wildman–Crippen MR) is 69.8 cm³/mol. The molecule has 2 aromatic rings. The van der Waals surface area contributed by atoms with E-state index < -0.39 is 17.0 Å². The number of carbonyl (C=O) groups is 1. The molecule has 0 saturated heterocycles. The van der Waals surface area contributed by atoms with Gasteiger partial charge in [-0.05, 0) is 5.56 Å². The molecule has 0 saturated carbocycles. The van der Waals surface area contributed by atoms with Crippen molar-refractivity contribution in [3.05, 3.63) is 58.5 Å². The van der Waals surface area contributed by atoms with Crippen molar-refractivity contribution in [2.75, 3.05) is 5.01 Å². The second-order valence-electron chi connectivity index (χ2n) is 3.89. The van der Waals surface area contributed by atoms with Gasteiger partial charge in [-0.3, -0.25) is 4.79 Å². The van der Waals surface area contributed by atoms with Gasteiger partial charge in [-0.1, -0.05) is 42.1 Å². The molecule has 0 fully saturated rings. The minimum Gasteiger partial charge on any atom is -0.464 e. The Hall–Kier alpha value is -2.28. The van der Waals surface area contributed by atoms with Crippen molar-refractivity contribution in [1.29, 1.82) is 0 Å². The van der Waals surface area contributed by atoms with Crippen molar-refractivity contribution in [3.63, 3.8) is 0 Å². The first-order chi connectivity index (χ1) is 9.18. The van der Waals surface area contributed by atoms with Gasteiger partial charge in [0, 0.05) is 12.3 Å². The monoisotopic (exact) mass is 275 g/mol. The summed E-state index contributed by atoms with van der Waals surface area (Å²) in [5.74, 6) is 0. The Balaban J connectivity index is 2.14. The summed E-state index contributed by atoms with van der Waals surface area (Å²) in [6.45, 7) is 0. The lowest BCUT2D eigenvalue weighted by Crippen LogP contribution is -2.43. The van der Waals surface area contributed by atoms with Crippen LogP contribution in [0.2, 0.25) is 0 Å². The minimum atomic E-state index is -1.18. The maximum Gasteiger partial charge on any atom is 0.428 e. The first kappa shape index (κ1) is 11.8. The van der Waals surface area contributed by atoms with Gasteiger partial charge >= 0.3 is 6.09 Å². The molecule has 6 nitrogen and oxygen atoms in total. The number of carboxylic acid groups (broad SMARTS) is 1. The average molecular weight is 275 g/mol. The van der Waals surface area contributed by atoms with Crippen LogP contribution < -0.4 is 10.6 Å². The summed E-state index contributed by atoms with van der Waals surface area (Å²) in [5, 5.41) is 10.2. The zero-order chi connectivity index (χ0) is 13.4. The number of fused-ring (bicyclic) bond motifs is 1. The van der Waals surface area contributed by atoms with E-state index in [4.69, 9.17) is 0 Å². The van der Waals surface area contributed by atoms with Crippen LogP contribution in [0, 0.1) is 0 Å². The predicted octanol–water partition coefficient (Wildman–Crippen LogP) is 1.66. The van der Waals surface area contributed by atoms with Crippen LogP contribution in [0.25, 0.3) is 0 Å². The first-order valence-corrected chi connectivity index (χ1v) is 6.38. The van der Waals surface area contributed by atoms with E-state index in [1.165, 1.54) is 24.0 Å². The lowest BCUT2D eigenvalue weighted by atomic mass is 10.2. The van der Waals surface area contributed by atoms with E-state index >= 15 is 0 Å². The van der Waals surface area contributed by atoms with Crippen molar-refractivity contribution in [2.45, 2.75) is 10.5 Å². The molecule has 0 aliphatic carbocycles. The maximum atomic E-state index is 11.8. The summed E-state index contributed by atoms with van der Waals surface area (Å²) in [7, 11) is 0. The molecule has 1 atom stereocenters. The summed E-state index contributed by atoms with van der Waals surface area (Å²) in [6.07, 6.45) is 0.199. The minimum absolute atomic E-state index is 0.378. The molecule has 0 radical (unpaired) electrons. The Morgan fingerprint density at radius 3 is 2.68 bits per heavy atom. The zero-order valence-electron chi connectivity index (χ0n) is 9.63. The highest BCUT2D eigenvalue weighted by molar-refractivity contribution is 7.99. The van der Waals surface area contributed by atoms with Crippen LogP contribution in [-0.2, 0) is 0 Å². The Morgan fingerprint density at radius 2 is 2.00 bits per heavy atom. The largest absolute Gasteiger partial charge is 0.464 e. The normalized spacial score (nSPS) is 17.3. The third-order valence-corrected chi connectivity index (χ3v) is 3.91. The molecule has 1 amide bonds. The van der Waals surface area contributed by atoms with Crippen LogP contribution in [-0.4, -0.2) is 20.9 Å². The van der Waals surface area contributed by atoms with Crippen LogP contribution in [0.4, 0.5) is 4.79 Å². The number of rotatable bonds is 1. The third kappa shape index (κ3) is 1.88. The molecule has 1 N–H and O–H groups in total. The van der Waals surface area contributed by atoms with Crippen LogP contribution >= 0.6 is 11.8 Å². The van der Waals surface area contributed by atoms with Crippen molar-refractivity contribution in [3.8, 4) is 0 Å². The summed E-state index contributed by atoms with van der Waals surface area (Å²) >= 11 is 1.24. The number of amides is 1. The molecule has 3 rings (SSSR count). The van der Waals surface area contributed by atoms with Gasteiger partial charge in [-0.2, -0.15) is 9.69 Å². The number of benzene rings is 1. The molecule has 1 aliphatic rings. The summed E-state index contributed by atoms with van der Waals surface area (Å²) in [5.41, 5.74) is 0.401. The van der Waals surface area contributed by atoms with Gasteiger partial charge in [0.25, 0.3) is 5.56 Å². The van der Waals surface area contributed by atoms with Gasteiger partial charge in [0.15, 0.2) is 5.16 Å². The second-order valence-corrected chi connectivity index (χ2v) is 4.93. The van der Waals surface area contributed by atoms with Crippen LogP contribution in [0.3, 0.4) is 0 Å². The molecule has 2 heterocycles. The van der Waals surface area contributed by atoms with Gasteiger partial charge < -0.3 is 5.11 Å². The Bertz CT molecular complexity index is 686. The number of nitrogens with zero attached hydrogens (tertiary/aromatic N) is 3. The SMILES string of the molecule is O=C(O)N1C(c2ccccc2)Sc2nccc(=O)n21. The van der Waals surface area contributed by atoms with E-state index in [1.807, 2.05) is 30.3 Å². The second kappa shape index (κ2) is 4.43. The van der Waals surface area contributed by atoms with Gasteiger partial charge in [-0.25, -0.2) is 9.78 Å². The van der Waals surface area contributed by atoms with Crippen molar-refractivity contribution in [2.24, 2.45) is 0 Å². The highest BCUT2D eigenvalue weighted by atomic mass is 32.2. The van der Waals surface area contributed by atoms with E-state index in [2.05, 4.69) is 4.98 Å². The fraction of sp³-hybridized carbons (Fsp3) is 0.0833. The molecule has 0 bridgehead atoms. The number of aromatic nitrogens is 2. The van der Waals surface area contributed by atoms with Crippen molar-refractivity contribution < 1.29 is 9.90 Å². The highest BCUT2D eigenvalue weighted by Gasteiger charge is 2.37. The van der Waals surface area contributed by atoms with E-state index in [0.717, 1.165) is 15.2 Å². The van der Waals surface area contributed by atoms with E-state index in [-0.39, 0.29) is 0 Å². The maximum absolute atomic E-state index is 11.8. The third-order valence-electron chi connectivity index (χ3n) is 2.73. The average Bonchev–Trinajstić information content (AvgIpc) is 2.81. The van der Waals surface area contributed by atoms with E-state index in [1.54, 1.807) is 0 Å². The number of thioether (sulfide) groups is 1. The highest BCUT2D eigenvalue weighted by Crippen LogP contribution is 2.41. The summed E-state index contributed by atoms with van der Waals surface area (Å²) in [6, 6.07) is 10.4.